The van der Waals surface area contributed by atoms with Gasteiger partial charge in [-0.2, -0.15) is 0 Å². The number of hydrogen-bond acceptors (Lipinski definition) is 10. The molecule has 1 saturated carbocycles. The number of para-hydroxylation sites is 1. The number of nitrogens with two attached hydrogens (primary N) is 1. The predicted octanol–water partition coefficient (Wildman–Crippen LogP) is 2.73. The molecular weight excluding hydrogens is 699 g/mol. The number of ether oxygens (including phenoxy) is 2. The Hall–Kier alpha value is -3.94. The average Bonchev–Trinajstić information content (AvgIpc) is 3.84. The van der Waals surface area contributed by atoms with Gasteiger partial charge < -0.3 is 40.4 Å². The van der Waals surface area contributed by atoms with Crippen LogP contribution in [-0.2, 0) is 31.6 Å². The summed E-state index contributed by atoms with van der Waals surface area (Å²) >= 11 is 0. The summed E-state index contributed by atoms with van der Waals surface area (Å²) in [6, 6.07) is 11.0. The Kier molecular flexibility index (Phi) is 8.19. The fourth-order valence-electron chi connectivity index (χ4n) is 13.1. The number of nitrogens with one attached hydrogen (secondary N) is 1. The number of primary amides is 1. The molecule has 9 rings (SSSR count). The number of fused-ring (bicyclic) bond motifs is 6. The van der Waals surface area contributed by atoms with Crippen molar-refractivity contribution in [2.75, 3.05) is 58.9 Å². The van der Waals surface area contributed by atoms with Gasteiger partial charge in [0.15, 0.2) is 5.60 Å². The topological polar surface area (TPSA) is 165 Å². The lowest BCUT2D eigenvalue weighted by atomic mass is 9.47. The number of piperidine rings is 1. The largest absolute Gasteiger partial charge is 0.496 e. The zero-order chi connectivity index (χ0) is 38.9. The molecule has 1 aromatic heterocycles. The molecular formula is C43H55N5O7. The van der Waals surface area contributed by atoms with Gasteiger partial charge >= 0.3 is 5.97 Å². The molecule has 10 atom stereocenters. The summed E-state index contributed by atoms with van der Waals surface area (Å²) in [6.07, 6.45) is 5.78. The van der Waals surface area contributed by atoms with Crippen LogP contribution >= 0.6 is 0 Å². The molecule has 294 valence electrons. The Labute approximate surface area is 322 Å². The quantitative estimate of drug-likeness (QED) is 0.187. The van der Waals surface area contributed by atoms with E-state index in [0.717, 1.165) is 46.5 Å². The summed E-state index contributed by atoms with van der Waals surface area (Å²) in [4.78, 5) is 39.3. The first-order valence-electron chi connectivity index (χ1n) is 20.0. The van der Waals surface area contributed by atoms with Crippen molar-refractivity contribution in [1.29, 1.82) is 0 Å². The summed E-state index contributed by atoms with van der Waals surface area (Å²) in [6.45, 7) is 7.39. The molecule has 1 amide bonds. The number of aliphatic hydroxyl groups excluding tert-OH is 1. The van der Waals surface area contributed by atoms with Gasteiger partial charge in [0.1, 0.15) is 17.3 Å². The highest BCUT2D eigenvalue weighted by Crippen LogP contribution is 2.67. The number of carbonyl (C=O) groups excluding carboxylic acids is 2. The van der Waals surface area contributed by atoms with E-state index >= 15 is 4.79 Å². The summed E-state index contributed by atoms with van der Waals surface area (Å²) < 4.78 is 12.2. The van der Waals surface area contributed by atoms with Crippen LogP contribution in [0.5, 0.6) is 5.75 Å². The average molecular weight is 754 g/mol. The molecule has 6 N–H and O–H groups in total. The molecule has 1 aliphatic carbocycles. The predicted molar refractivity (Wildman–Crippen MR) is 208 cm³/mol. The number of aromatic amines is 1. The summed E-state index contributed by atoms with van der Waals surface area (Å²) in [5.41, 5.74) is 4.72. The molecule has 55 heavy (non-hydrogen) atoms. The molecule has 0 radical (unpaired) electrons. The van der Waals surface area contributed by atoms with Crippen LogP contribution in [0.25, 0.3) is 10.9 Å². The standard InChI is InChI=1S/C43H55N5O7/c1-6-39(52)21-25-22-42(38(51)55-5,33-27(13-17-47(23-25)24-39)26-11-8-9-12-30(26)45-33)29-19-28-31(20-32(29)54-4)46(3)35-41(28)15-18-48-16-10-14-40(7-2,34(41)48)36(49)43(35,53)37(44)50/h8-12,14,19-20,25,34-36,45,49,52-53H,6-7,13,15-18,21-24H2,1-5H3,(H2,44,50)/t25-,34+,35+,36-,39+,40-,41-,42+,43+/m1/s1. The van der Waals surface area contributed by atoms with Crippen molar-refractivity contribution in [3.05, 3.63) is 70.9 Å². The van der Waals surface area contributed by atoms with Crippen LogP contribution in [0.4, 0.5) is 5.69 Å². The first kappa shape index (κ1) is 36.7. The maximum atomic E-state index is 15.2. The number of methoxy groups -OCH3 is 2. The van der Waals surface area contributed by atoms with Gasteiger partial charge in [-0.05, 0) is 74.2 Å². The lowest BCUT2D eigenvalue weighted by molar-refractivity contribution is -0.201. The van der Waals surface area contributed by atoms with Crippen LogP contribution in [-0.4, -0.2) is 125 Å². The molecule has 2 saturated heterocycles. The summed E-state index contributed by atoms with van der Waals surface area (Å²) in [5, 5.41) is 38.0. The van der Waals surface area contributed by atoms with Crippen molar-refractivity contribution in [2.45, 2.75) is 92.6 Å². The maximum absolute atomic E-state index is 15.2. The van der Waals surface area contributed by atoms with Crippen molar-refractivity contribution in [3.8, 4) is 5.75 Å². The van der Waals surface area contributed by atoms with E-state index in [-0.39, 0.29) is 12.0 Å². The van der Waals surface area contributed by atoms with Gasteiger partial charge in [-0.25, -0.2) is 0 Å². The number of H-pyrrole nitrogens is 1. The van der Waals surface area contributed by atoms with Gasteiger partial charge in [-0.3, -0.25) is 19.4 Å². The number of aromatic nitrogens is 1. The third-order valence-corrected chi connectivity index (χ3v) is 15.2. The zero-order valence-electron chi connectivity index (χ0n) is 32.6. The molecule has 1 spiro atoms. The van der Waals surface area contributed by atoms with Crippen molar-refractivity contribution in [3.63, 3.8) is 0 Å². The molecule has 6 aliphatic rings. The number of benzene rings is 2. The minimum atomic E-state index is -2.30. The van der Waals surface area contributed by atoms with Gasteiger partial charge in [0.25, 0.3) is 5.91 Å². The van der Waals surface area contributed by atoms with Gasteiger partial charge in [0, 0.05) is 84.0 Å². The van der Waals surface area contributed by atoms with E-state index in [9.17, 15) is 20.1 Å². The van der Waals surface area contributed by atoms with E-state index in [1.54, 1.807) is 7.11 Å². The molecule has 6 heterocycles. The number of amides is 1. The monoisotopic (exact) mass is 753 g/mol. The first-order chi connectivity index (χ1) is 26.3. The van der Waals surface area contributed by atoms with Crippen LogP contribution in [0, 0.1) is 11.3 Å². The number of rotatable bonds is 6. The molecule has 5 aliphatic heterocycles. The van der Waals surface area contributed by atoms with E-state index in [1.807, 2.05) is 62.2 Å². The number of aliphatic hydroxyl groups is 3. The Morgan fingerprint density at radius 1 is 1.04 bits per heavy atom. The summed E-state index contributed by atoms with van der Waals surface area (Å²) in [5.74, 6) is -1.00. The van der Waals surface area contributed by atoms with E-state index < -0.39 is 51.5 Å². The molecule has 12 nitrogen and oxygen atoms in total. The number of esters is 1. The van der Waals surface area contributed by atoms with Crippen LogP contribution in [0.2, 0.25) is 0 Å². The number of anilines is 1. The zero-order valence-corrected chi connectivity index (χ0v) is 32.6. The maximum Gasteiger partial charge on any atom is 0.322 e. The smallest absolute Gasteiger partial charge is 0.322 e. The van der Waals surface area contributed by atoms with Crippen LogP contribution in [0.15, 0.2) is 48.6 Å². The second-order valence-electron chi connectivity index (χ2n) is 17.5. The van der Waals surface area contributed by atoms with Gasteiger partial charge in [0.05, 0.1) is 25.9 Å². The first-order valence-corrected chi connectivity index (χ1v) is 20.0. The highest BCUT2D eigenvalue weighted by molar-refractivity contribution is 5.95. The van der Waals surface area contributed by atoms with Crippen molar-refractivity contribution in [2.24, 2.45) is 17.1 Å². The second-order valence-corrected chi connectivity index (χ2v) is 17.5. The third-order valence-electron chi connectivity index (χ3n) is 15.2. The van der Waals surface area contributed by atoms with Crippen molar-refractivity contribution < 1.29 is 34.4 Å². The summed E-state index contributed by atoms with van der Waals surface area (Å²) in [7, 11) is 4.89. The van der Waals surface area contributed by atoms with E-state index in [2.05, 4.69) is 26.9 Å². The van der Waals surface area contributed by atoms with Crippen molar-refractivity contribution >= 4 is 28.5 Å². The van der Waals surface area contributed by atoms with E-state index in [4.69, 9.17) is 15.2 Å². The Morgan fingerprint density at radius 3 is 2.53 bits per heavy atom. The van der Waals surface area contributed by atoms with E-state index in [1.165, 1.54) is 7.11 Å². The fraction of sp³-hybridized carbons (Fsp3) is 0.581. The van der Waals surface area contributed by atoms with Gasteiger partial charge in [-0.15, -0.1) is 0 Å². The third kappa shape index (κ3) is 4.51. The van der Waals surface area contributed by atoms with E-state index in [0.29, 0.717) is 69.5 Å². The Morgan fingerprint density at radius 2 is 1.82 bits per heavy atom. The number of likely N-dealkylation sites (N-methyl/N-ethyl adjacent to an activating group) is 1. The molecule has 3 fully saturated rings. The number of carbonyl (C=O) groups is 2. The normalized spacial score (nSPS) is 39.0. The Balaban J connectivity index is 1.36. The molecule has 3 aromatic rings. The SMILES string of the molecule is CC[C@]1(O)C[C@H]2CN(CCc3c([nH]c4ccccc34)[C@@](C(=O)OC)(c3cc4c(cc3OC)N(C)[C@@H]3[C@@](O)(C(N)=O)[C@H](O)[C@]5(CC)C=CCN6CC[C@]43[C@@H]65)C2)C1. The molecule has 2 bridgehead atoms. The fourth-order valence-corrected chi connectivity index (χ4v) is 13.1. The van der Waals surface area contributed by atoms with Crippen LogP contribution < -0.4 is 15.4 Å². The van der Waals surface area contributed by atoms with Gasteiger partial charge in [0.2, 0.25) is 0 Å². The van der Waals surface area contributed by atoms with Crippen molar-refractivity contribution in [1.82, 2.24) is 14.8 Å². The lowest BCUT2D eigenvalue weighted by Gasteiger charge is -2.63. The number of hydrogen-bond donors (Lipinski definition) is 5. The van der Waals surface area contributed by atoms with Gasteiger partial charge in [-0.1, -0.05) is 44.2 Å². The van der Waals surface area contributed by atoms with Crippen LogP contribution in [0.3, 0.4) is 0 Å². The minimum Gasteiger partial charge on any atom is -0.496 e. The molecule has 12 heteroatoms. The Bertz CT molecular complexity index is 2120. The lowest BCUT2D eigenvalue weighted by Crippen LogP contribution is -2.81. The second kappa shape index (κ2) is 12.3. The highest BCUT2D eigenvalue weighted by atomic mass is 16.5. The molecule has 1 unspecified atom stereocenters. The minimum absolute atomic E-state index is 0.0790. The molecule has 2 aromatic carbocycles. The highest BCUT2D eigenvalue weighted by Gasteiger charge is 2.78. The van der Waals surface area contributed by atoms with Crippen LogP contribution in [0.1, 0.15) is 68.3 Å². The number of nitrogens with zero attached hydrogens (tertiary/aromatic N) is 3.